The van der Waals surface area contributed by atoms with Gasteiger partial charge in [0.15, 0.2) is 0 Å². The Balaban J connectivity index is 1.42. The highest BCUT2D eigenvalue weighted by Gasteiger charge is 2.55. The predicted molar refractivity (Wildman–Crippen MR) is 100 cm³/mol. The number of hydrogen-bond donors (Lipinski definition) is 0. The van der Waals surface area contributed by atoms with Gasteiger partial charge in [0.25, 0.3) is 0 Å². The highest BCUT2D eigenvalue weighted by Crippen LogP contribution is 2.45. The number of amides is 1. The molecule has 6 rings (SSSR count). The maximum Gasteiger partial charge on any atom is 0.415 e. The number of anilines is 1. The van der Waals surface area contributed by atoms with E-state index >= 15 is 0 Å². The zero-order chi connectivity index (χ0) is 17.0. The molecule has 6 heteroatoms. The number of carbonyl (C=O) groups is 1. The Hall–Kier alpha value is -1.56. The topological polar surface area (TPSA) is 32.8 Å². The van der Waals surface area contributed by atoms with Crippen molar-refractivity contribution in [1.82, 2.24) is 4.90 Å². The molecule has 0 saturated carbocycles. The Labute approximate surface area is 155 Å². The van der Waals surface area contributed by atoms with Crippen molar-refractivity contribution >= 4 is 34.0 Å². The number of rotatable bonds is 2. The number of benzene rings is 1. The quantitative estimate of drug-likeness (QED) is 0.776. The van der Waals surface area contributed by atoms with Gasteiger partial charge in [-0.1, -0.05) is 23.7 Å². The summed E-state index contributed by atoms with van der Waals surface area (Å²) in [6, 6.07) is 11.9. The molecule has 0 aliphatic carbocycles. The number of fused-ring (bicyclic) bond motifs is 2. The summed E-state index contributed by atoms with van der Waals surface area (Å²) >= 11 is 7.72. The van der Waals surface area contributed by atoms with E-state index in [-0.39, 0.29) is 11.7 Å². The van der Waals surface area contributed by atoms with Crippen LogP contribution in [0.3, 0.4) is 0 Å². The molecule has 5 heterocycles. The van der Waals surface area contributed by atoms with Crippen LogP contribution in [0.2, 0.25) is 5.02 Å². The van der Waals surface area contributed by atoms with E-state index in [4.69, 9.17) is 16.3 Å². The zero-order valence-corrected chi connectivity index (χ0v) is 15.4. The maximum atomic E-state index is 12.6. The van der Waals surface area contributed by atoms with Gasteiger partial charge in [-0.15, -0.1) is 11.3 Å². The first kappa shape index (κ1) is 15.7. The van der Waals surface area contributed by atoms with Gasteiger partial charge in [-0.25, -0.2) is 4.79 Å². The number of hydrogen-bond acceptors (Lipinski definition) is 4. The molecule has 4 nitrogen and oxygen atoms in total. The third-order valence-electron chi connectivity index (χ3n) is 5.73. The maximum absolute atomic E-state index is 12.6. The van der Waals surface area contributed by atoms with Gasteiger partial charge in [0.2, 0.25) is 0 Å². The van der Waals surface area contributed by atoms with Gasteiger partial charge in [0.1, 0.15) is 10.6 Å². The number of nitrogens with zero attached hydrogens (tertiary/aromatic N) is 2. The Bertz CT molecular complexity index is 830. The Morgan fingerprint density at radius 3 is 2.72 bits per heavy atom. The fourth-order valence-corrected chi connectivity index (χ4v) is 5.63. The van der Waals surface area contributed by atoms with Crippen molar-refractivity contribution in [1.29, 1.82) is 0 Å². The highest BCUT2D eigenvalue weighted by atomic mass is 35.5. The fraction of sp³-hybridized carbons (Fsp3) is 0.421. The predicted octanol–water partition coefficient (Wildman–Crippen LogP) is 4.49. The molecule has 4 fully saturated rings. The summed E-state index contributed by atoms with van der Waals surface area (Å²) in [5.41, 5.74) is 0.766. The summed E-state index contributed by atoms with van der Waals surface area (Å²) in [5, 5.41) is 1.67. The van der Waals surface area contributed by atoms with E-state index in [0.717, 1.165) is 52.9 Å². The molecule has 0 radical (unpaired) electrons. The first-order chi connectivity index (χ1) is 12.1. The summed E-state index contributed by atoms with van der Waals surface area (Å²) in [5.74, 6) is 0.499. The molecule has 130 valence electrons. The van der Waals surface area contributed by atoms with Crippen LogP contribution < -0.4 is 4.90 Å². The summed E-state index contributed by atoms with van der Waals surface area (Å²) in [6.45, 7) is 3.83. The molecule has 1 atom stereocenters. The van der Waals surface area contributed by atoms with Crippen molar-refractivity contribution in [3.63, 3.8) is 0 Å². The van der Waals surface area contributed by atoms with Gasteiger partial charge in [-0.2, -0.15) is 0 Å². The van der Waals surface area contributed by atoms with Gasteiger partial charge in [0, 0.05) is 22.4 Å². The molecule has 0 N–H and O–H groups in total. The molecule has 4 saturated heterocycles. The van der Waals surface area contributed by atoms with E-state index in [1.165, 1.54) is 0 Å². The summed E-state index contributed by atoms with van der Waals surface area (Å²) < 4.78 is 5.96. The molecule has 1 spiro atoms. The van der Waals surface area contributed by atoms with Gasteiger partial charge >= 0.3 is 6.09 Å². The lowest BCUT2D eigenvalue weighted by atomic mass is 9.75. The first-order valence-electron chi connectivity index (χ1n) is 8.72. The minimum Gasteiger partial charge on any atom is -0.439 e. The van der Waals surface area contributed by atoms with Crippen molar-refractivity contribution in [3.8, 4) is 10.4 Å². The first-order valence-corrected chi connectivity index (χ1v) is 9.91. The SMILES string of the molecule is O=C1O[C@]2(CN3CCC2CC3)CN1c1ccc(-c2cccc(Cl)c2)s1. The molecule has 2 bridgehead atoms. The van der Waals surface area contributed by atoms with Gasteiger partial charge < -0.3 is 4.74 Å². The van der Waals surface area contributed by atoms with Crippen LogP contribution in [0.15, 0.2) is 36.4 Å². The lowest BCUT2D eigenvalue weighted by molar-refractivity contribution is -0.0881. The number of halogens is 1. The van der Waals surface area contributed by atoms with Crippen LogP contribution in [0.25, 0.3) is 10.4 Å². The second kappa shape index (κ2) is 5.73. The van der Waals surface area contributed by atoms with Crippen molar-refractivity contribution < 1.29 is 9.53 Å². The average molecular weight is 375 g/mol. The summed E-state index contributed by atoms with van der Waals surface area (Å²) in [4.78, 5) is 18.0. The summed E-state index contributed by atoms with van der Waals surface area (Å²) in [6.07, 6.45) is 2.08. The van der Waals surface area contributed by atoms with Gasteiger partial charge in [-0.05, 0) is 55.8 Å². The number of carbonyl (C=O) groups excluding carboxylic acids is 1. The Morgan fingerprint density at radius 2 is 2.00 bits per heavy atom. The molecule has 1 amide bonds. The van der Waals surface area contributed by atoms with E-state index in [0.29, 0.717) is 12.5 Å². The molecule has 4 aliphatic heterocycles. The lowest BCUT2D eigenvalue weighted by Gasteiger charge is -2.49. The Morgan fingerprint density at radius 1 is 1.16 bits per heavy atom. The second-order valence-corrected chi connectivity index (χ2v) is 8.72. The standard InChI is InChI=1S/C19H19ClN2O2S/c20-15-3-1-2-13(10-15)16-4-5-17(25-16)22-12-19(24-18(22)23)11-21-8-6-14(19)7-9-21/h1-5,10,14H,6-9,11-12H2/t19-/m1/s1. The fourth-order valence-electron chi connectivity index (χ4n) is 4.45. The minimum absolute atomic E-state index is 0.201. The molecule has 1 aromatic heterocycles. The number of piperidine rings is 3. The zero-order valence-electron chi connectivity index (χ0n) is 13.8. The Kier molecular flexibility index (Phi) is 3.59. The van der Waals surface area contributed by atoms with E-state index in [1.54, 1.807) is 11.3 Å². The van der Waals surface area contributed by atoms with E-state index in [2.05, 4.69) is 11.0 Å². The lowest BCUT2D eigenvalue weighted by Crippen LogP contribution is -2.61. The van der Waals surface area contributed by atoms with Crippen LogP contribution in [0.4, 0.5) is 9.80 Å². The minimum atomic E-state index is -0.312. The smallest absolute Gasteiger partial charge is 0.415 e. The molecular formula is C19H19ClN2O2S. The largest absolute Gasteiger partial charge is 0.439 e. The van der Waals surface area contributed by atoms with Crippen LogP contribution in [-0.2, 0) is 4.74 Å². The third kappa shape index (κ3) is 2.57. The van der Waals surface area contributed by atoms with Crippen LogP contribution >= 0.6 is 22.9 Å². The van der Waals surface area contributed by atoms with E-state index in [1.807, 2.05) is 35.2 Å². The van der Waals surface area contributed by atoms with E-state index in [9.17, 15) is 4.79 Å². The highest BCUT2D eigenvalue weighted by molar-refractivity contribution is 7.19. The molecule has 2 aromatic rings. The summed E-state index contributed by atoms with van der Waals surface area (Å²) in [7, 11) is 0. The van der Waals surface area contributed by atoms with Crippen molar-refractivity contribution in [3.05, 3.63) is 41.4 Å². The molecule has 0 unspecified atom stereocenters. The van der Waals surface area contributed by atoms with Crippen molar-refractivity contribution in [2.45, 2.75) is 18.4 Å². The number of thiophene rings is 1. The number of ether oxygens (including phenoxy) is 1. The van der Waals surface area contributed by atoms with Crippen LogP contribution in [0, 0.1) is 5.92 Å². The van der Waals surface area contributed by atoms with E-state index < -0.39 is 0 Å². The van der Waals surface area contributed by atoms with Gasteiger partial charge in [0.05, 0.1) is 6.54 Å². The van der Waals surface area contributed by atoms with Crippen LogP contribution in [0.5, 0.6) is 0 Å². The normalized spacial score (nSPS) is 30.9. The van der Waals surface area contributed by atoms with Crippen LogP contribution in [0.1, 0.15) is 12.8 Å². The van der Waals surface area contributed by atoms with Gasteiger partial charge in [-0.3, -0.25) is 9.80 Å². The molecule has 25 heavy (non-hydrogen) atoms. The van der Waals surface area contributed by atoms with Crippen LogP contribution in [-0.4, -0.2) is 42.8 Å². The van der Waals surface area contributed by atoms with Crippen molar-refractivity contribution in [2.75, 3.05) is 31.1 Å². The average Bonchev–Trinajstić information content (AvgIpc) is 3.21. The monoisotopic (exact) mass is 374 g/mol. The second-order valence-electron chi connectivity index (χ2n) is 7.22. The van der Waals surface area contributed by atoms with Crippen molar-refractivity contribution in [2.24, 2.45) is 5.92 Å². The molecule has 1 aromatic carbocycles. The molecular weight excluding hydrogens is 356 g/mol. The molecule has 4 aliphatic rings. The third-order valence-corrected chi connectivity index (χ3v) is 7.12.